The highest BCUT2D eigenvalue weighted by Crippen LogP contribution is 2.35. The second kappa shape index (κ2) is 7.94. The van der Waals surface area contributed by atoms with E-state index < -0.39 is 0 Å². The fraction of sp³-hybridized carbons (Fsp3) is 0.524. The molecule has 0 bridgehead atoms. The fourth-order valence-corrected chi connectivity index (χ4v) is 3.68. The van der Waals surface area contributed by atoms with Gasteiger partial charge in [0.05, 0.1) is 5.92 Å². The summed E-state index contributed by atoms with van der Waals surface area (Å²) in [6.07, 6.45) is 4.08. The van der Waals surface area contributed by atoms with Gasteiger partial charge in [-0.3, -0.25) is 9.59 Å². The Morgan fingerprint density at radius 2 is 1.92 bits per heavy atom. The molecule has 140 valence electrons. The number of esters is 1. The molecule has 0 aromatic heterocycles. The molecule has 0 spiro atoms. The summed E-state index contributed by atoms with van der Waals surface area (Å²) in [6.45, 7) is 5.93. The van der Waals surface area contributed by atoms with E-state index in [1.165, 1.54) is 6.26 Å². The average molecular weight is 358 g/mol. The van der Waals surface area contributed by atoms with Crippen LogP contribution >= 0.6 is 0 Å². The minimum atomic E-state index is -0.248. The highest BCUT2D eigenvalue weighted by molar-refractivity contribution is 5.96. The smallest absolute Gasteiger partial charge is 0.306 e. The van der Waals surface area contributed by atoms with Crippen molar-refractivity contribution < 1.29 is 23.8 Å². The second-order valence-corrected chi connectivity index (χ2v) is 7.23. The van der Waals surface area contributed by atoms with Gasteiger partial charge < -0.3 is 14.2 Å². The molecule has 1 heterocycles. The summed E-state index contributed by atoms with van der Waals surface area (Å²) in [6, 6.07) is 5.85. The Morgan fingerprint density at radius 3 is 2.62 bits per heavy atom. The van der Waals surface area contributed by atoms with Gasteiger partial charge in [0, 0.05) is 12.8 Å². The van der Waals surface area contributed by atoms with Crippen LogP contribution in [0.5, 0.6) is 5.75 Å². The molecule has 1 aliphatic heterocycles. The van der Waals surface area contributed by atoms with E-state index in [2.05, 4.69) is 6.07 Å². The minimum absolute atomic E-state index is 0.0289. The molecule has 0 amide bonds. The Morgan fingerprint density at radius 1 is 1.19 bits per heavy atom. The summed E-state index contributed by atoms with van der Waals surface area (Å²) < 4.78 is 17.1. The lowest BCUT2D eigenvalue weighted by Crippen LogP contribution is -2.43. The van der Waals surface area contributed by atoms with Gasteiger partial charge in [-0.15, -0.1) is 0 Å². The number of Topliss-reactive ketones (excluding diaryl/α,β-unsaturated/α-hetero) is 1. The average Bonchev–Trinajstić information content (AvgIpc) is 2.57. The molecule has 1 aromatic carbocycles. The first-order chi connectivity index (χ1) is 12.5. The summed E-state index contributed by atoms with van der Waals surface area (Å²) in [4.78, 5) is 24.5. The van der Waals surface area contributed by atoms with Gasteiger partial charge in [-0.2, -0.15) is 0 Å². The lowest BCUT2D eigenvalue weighted by Gasteiger charge is -2.36. The van der Waals surface area contributed by atoms with Crippen molar-refractivity contribution in [1.82, 2.24) is 0 Å². The van der Waals surface area contributed by atoms with Gasteiger partial charge in [0.1, 0.15) is 24.2 Å². The number of benzene rings is 1. The number of hydrogen-bond donors (Lipinski definition) is 0. The highest BCUT2D eigenvalue weighted by Gasteiger charge is 2.42. The molecule has 0 N–H and O–H groups in total. The number of ketones is 1. The number of ether oxygens (including phenoxy) is 3. The standard InChI is InChI=1S/C21H26O5/c1-4-5-20(22)26-15-6-7-17-18(11-15)24-12-19(21(17)23)25-16-9-13(2)8-14(3)10-16/h8-10,12,15,17-18H,4-7,11H2,1-3H3. The van der Waals surface area contributed by atoms with Gasteiger partial charge in [-0.05, 0) is 56.4 Å². The van der Waals surface area contributed by atoms with E-state index in [9.17, 15) is 9.59 Å². The zero-order valence-electron chi connectivity index (χ0n) is 15.6. The minimum Gasteiger partial charge on any atom is -0.493 e. The first-order valence-corrected chi connectivity index (χ1v) is 9.31. The quantitative estimate of drug-likeness (QED) is 0.745. The molecule has 3 atom stereocenters. The van der Waals surface area contributed by atoms with Crippen LogP contribution in [0, 0.1) is 19.8 Å². The van der Waals surface area contributed by atoms with Crippen molar-refractivity contribution in [2.24, 2.45) is 5.92 Å². The van der Waals surface area contributed by atoms with Crippen LogP contribution in [0.25, 0.3) is 0 Å². The zero-order valence-corrected chi connectivity index (χ0v) is 15.6. The van der Waals surface area contributed by atoms with Gasteiger partial charge in [-0.25, -0.2) is 0 Å². The van der Waals surface area contributed by atoms with Crippen LogP contribution in [-0.4, -0.2) is 24.0 Å². The normalized spacial score (nSPS) is 25.0. The molecule has 2 aliphatic rings. The van der Waals surface area contributed by atoms with E-state index >= 15 is 0 Å². The zero-order chi connectivity index (χ0) is 18.7. The topological polar surface area (TPSA) is 61.8 Å². The van der Waals surface area contributed by atoms with Crippen LogP contribution in [0.1, 0.15) is 50.2 Å². The van der Waals surface area contributed by atoms with Crippen LogP contribution in [0.15, 0.2) is 30.2 Å². The molecule has 5 heteroatoms. The predicted molar refractivity (Wildman–Crippen MR) is 96.6 cm³/mol. The van der Waals surface area contributed by atoms with Crippen molar-refractivity contribution in [2.75, 3.05) is 0 Å². The number of carbonyl (C=O) groups is 2. The van der Waals surface area contributed by atoms with Crippen LogP contribution in [0.3, 0.4) is 0 Å². The number of fused-ring (bicyclic) bond motifs is 1. The molecule has 1 fully saturated rings. The maximum Gasteiger partial charge on any atom is 0.306 e. The third kappa shape index (κ3) is 4.26. The number of allylic oxidation sites excluding steroid dienone is 1. The number of aryl methyl sites for hydroxylation is 2. The summed E-state index contributed by atoms with van der Waals surface area (Å²) in [5, 5.41) is 0. The van der Waals surface area contributed by atoms with Gasteiger partial charge in [0.2, 0.25) is 11.5 Å². The molecule has 1 saturated carbocycles. The van der Waals surface area contributed by atoms with E-state index in [1.54, 1.807) is 0 Å². The van der Waals surface area contributed by atoms with Crippen LogP contribution in [0.4, 0.5) is 0 Å². The van der Waals surface area contributed by atoms with E-state index in [0.717, 1.165) is 17.5 Å². The van der Waals surface area contributed by atoms with E-state index in [1.807, 2.05) is 32.9 Å². The maximum atomic E-state index is 12.8. The molecule has 1 aromatic rings. The van der Waals surface area contributed by atoms with Crippen LogP contribution in [0.2, 0.25) is 0 Å². The van der Waals surface area contributed by atoms with Crippen molar-refractivity contribution >= 4 is 11.8 Å². The SMILES string of the molecule is CCCC(=O)OC1CCC2C(=O)C(Oc3cc(C)cc(C)c3)=COC2C1. The molecule has 26 heavy (non-hydrogen) atoms. The predicted octanol–water partition coefficient (Wildman–Crippen LogP) is 4.00. The Balaban J connectivity index is 1.64. The lowest BCUT2D eigenvalue weighted by atomic mass is 9.80. The summed E-state index contributed by atoms with van der Waals surface area (Å²) in [7, 11) is 0. The third-order valence-electron chi connectivity index (χ3n) is 4.85. The van der Waals surface area contributed by atoms with Crippen molar-refractivity contribution in [1.29, 1.82) is 0 Å². The molecule has 0 radical (unpaired) electrons. The van der Waals surface area contributed by atoms with Crippen molar-refractivity contribution in [3.8, 4) is 5.75 Å². The monoisotopic (exact) mass is 358 g/mol. The second-order valence-electron chi connectivity index (χ2n) is 7.23. The van der Waals surface area contributed by atoms with Crippen LogP contribution in [-0.2, 0) is 19.1 Å². The number of hydrogen-bond acceptors (Lipinski definition) is 5. The van der Waals surface area contributed by atoms with Crippen LogP contribution < -0.4 is 4.74 Å². The van der Waals surface area contributed by atoms with Crippen molar-refractivity contribution in [3.05, 3.63) is 41.3 Å². The Labute approximate surface area is 154 Å². The number of carbonyl (C=O) groups excluding carboxylic acids is 2. The van der Waals surface area contributed by atoms with Gasteiger partial charge >= 0.3 is 5.97 Å². The first kappa shape index (κ1) is 18.5. The van der Waals surface area contributed by atoms with E-state index in [4.69, 9.17) is 14.2 Å². The molecule has 1 aliphatic carbocycles. The van der Waals surface area contributed by atoms with E-state index in [-0.39, 0.29) is 35.6 Å². The lowest BCUT2D eigenvalue weighted by molar-refractivity contribution is -0.155. The Hall–Kier alpha value is -2.30. The molecule has 3 rings (SSSR count). The largest absolute Gasteiger partial charge is 0.493 e. The van der Waals surface area contributed by atoms with Gasteiger partial charge in [0.15, 0.2) is 0 Å². The highest BCUT2D eigenvalue weighted by atomic mass is 16.5. The third-order valence-corrected chi connectivity index (χ3v) is 4.85. The fourth-order valence-electron chi connectivity index (χ4n) is 3.68. The van der Waals surface area contributed by atoms with Gasteiger partial charge in [0.25, 0.3) is 0 Å². The van der Waals surface area contributed by atoms with Crippen molar-refractivity contribution in [2.45, 2.75) is 65.1 Å². The molecular weight excluding hydrogens is 332 g/mol. The Kier molecular flexibility index (Phi) is 5.64. The molecule has 5 nitrogen and oxygen atoms in total. The maximum absolute atomic E-state index is 12.8. The number of rotatable bonds is 5. The summed E-state index contributed by atoms with van der Waals surface area (Å²) in [5.41, 5.74) is 2.16. The first-order valence-electron chi connectivity index (χ1n) is 9.31. The molecular formula is C21H26O5. The summed E-state index contributed by atoms with van der Waals surface area (Å²) in [5.74, 6) is 0.456. The van der Waals surface area contributed by atoms with Crippen molar-refractivity contribution in [3.63, 3.8) is 0 Å². The molecule has 3 unspecified atom stereocenters. The van der Waals surface area contributed by atoms with Gasteiger partial charge in [-0.1, -0.05) is 13.0 Å². The molecule has 0 saturated heterocycles. The van der Waals surface area contributed by atoms with E-state index in [0.29, 0.717) is 31.4 Å². The summed E-state index contributed by atoms with van der Waals surface area (Å²) >= 11 is 0. The Bertz CT molecular complexity index is 701.